The number of hydrogen-bond acceptors (Lipinski definition) is 2. The van der Waals surface area contributed by atoms with Crippen molar-refractivity contribution >= 4 is 11.6 Å². The van der Waals surface area contributed by atoms with E-state index in [2.05, 4.69) is 5.32 Å². The normalized spacial score (nSPS) is 11.7. The van der Waals surface area contributed by atoms with Gasteiger partial charge in [-0.15, -0.1) is 0 Å². The van der Waals surface area contributed by atoms with E-state index in [0.717, 1.165) is 12.1 Å². The highest BCUT2D eigenvalue weighted by Gasteiger charge is 2.31. The number of nitrogens with one attached hydrogen (secondary N) is 1. The van der Waals surface area contributed by atoms with E-state index in [1.807, 2.05) is 0 Å². The van der Waals surface area contributed by atoms with Gasteiger partial charge in [0.05, 0.1) is 12.1 Å². The van der Waals surface area contributed by atoms with Crippen LogP contribution in [0.1, 0.15) is 11.1 Å². The van der Waals surface area contributed by atoms with Crippen LogP contribution in [0.3, 0.4) is 0 Å². The van der Waals surface area contributed by atoms with E-state index >= 15 is 0 Å². The van der Waals surface area contributed by atoms with Gasteiger partial charge in [-0.25, -0.2) is 0 Å². The van der Waals surface area contributed by atoms with Crippen molar-refractivity contribution < 1.29 is 18.0 Å². The van der Waals surface area contributed by atoms with Gasteiger partial charge in [0.2, 0.25) is 5.91 Å². The van der Waals surface area contributed by atoms with Gasteiger partial charge in [0.1, 0.15) is 0 Å². The van der Waals surface area contributed by atoms with Gasteiger partial charge in [-0.2, -0.15) is 13.2 Å². The Hall–Kier alpha value is -1.56. The smallest absolute Gasteiger partial charge is 0.325 e. The van der Waals surface area contributed by atoms with Crippen LogP contribution in [0.2, 0.25) is 0 Å². The molecule has 0 heterocycles. The maximum atomic E-state index is 12.6. The monoisotopic (exact) mass is 260 g/mol. The number of amides is 1. The Labute approximate surface area is 104 Å². The van der Waals surface area contributed by atoms with Crippen LogP contribution < -0.4 is 5.32 Å². The molecule has 0 saturated carbocycles. The minimum Gasteiger partial charge on any atom is -0.325 e. The van der Waals surface area contributed by atoms with Crippen LogP contribution in [0, 0.1) is 6.92 Å². The second-order valence-corrected chi connectivity index (χ2v) is 4.37. The number of anilines is 1. The highest BCUT2D eigenvalue weighted by molar-refractivity contribution is 5.92. The molecule has 0 saturated heterocycles. The largest absolute Gasteiger partial charge is 0.416 e. The van der Waals surface area contributed by atoms with Gasteiger partial charge < -0.3 is 10.2 Å². The summed E-state index contributed by atoms with van der Waals surface area (Å²) in [5, 5.41) is 2.45. The predicted molar refractivity (Wildman–Crippen MR) is 63.4 cm³/mol. The molecule has 0 aliphatic heterocycles. The van der Waals surface area contributed by atoms with E-state index in [1.54, 1.807) is 25.9 Å². The van der Waals surface area contributed by atoms with E-state index in [1.165, 1.54) is 6.07 Å². The van der Waals surface area contributed by atoms with Gasteiger partial charge in [-0.05, 0) is 44.8 Å². The summed E-state index contributed by atoms with van der Waals surface area (Å²) in [5.41, 5.74) is -0.151. The Morgan fingerprint density at radius 1 is 1.28 bits per heavy atom. The third-order valence-corrected chi connectivity index (χ3v) is 2.15. The average molecular weight is 260 g/mol. The lowest BCUT2D eigenvalue weighted by molar-refractivity contribution is -0.137. The Kier molecular flexibility index (Phi) is 4.34. The van der Waals surface area contributed by atoms with Crippen molar-refractivity contribution in [3.05, 3.63) is 29.3 Å². The fourth-order valence-corrected chi connectivity index (χ4v) is 1.51. The molecular formula is C12H15F3N2O. The Morgan fingerprint density at radius 2 is 1.89 bits per heavy atom. The van der Waals surface area contributed by atoms with E-state index in [9.17, 15) is 18.0 Å². The summed E-state index contributed by atoms with van der Waals surface area (Å²) < 4.78 is 37.7. The Balaban J connectivity index is 2.90. The summed E-state index contributed by atoms with van der Waals surface area (Å²) >= 11 is 0. The van der Waals surface area contributed by atoms with E-state index in [-0.39, 0.29) is 18.1 Å². The highest BCUT2D eigenvalue weighted by Crippen LogP contribution is 2.31. The lowest BCUT2D eigenvalue weighted by atomic mass is 10.1. The van der Waals surface area contributed by atoms with Gasteiger partial charge in [-0.1, -0.05) is 0 Å². The molecule has 0 radical (unpaired) electrons. The molecule has 1 aromatic carbocycles. The van der Waals surface area contributed by atoms with Gasteiger partial charge >= 0.3 is 6.18 Å². The van der Waals surface area contributed by atoms with Crippen LogP contribution in [-0.2, 0) is 11.0 Å². The number of benzene rings is 1. The second kappa shape index (κ2) is 5.39. The number of alkyl halides is 3. The molecule has 1 aromatic rings. The number of aryl methyl sites for hydroxylation is 1. The van der Waals surface area contributed by atoms with Crippen LogP contribution in [-0.4, -0.2) is 31.4 Å². The van der Waals surface area contributed by atoms with Crippen molar-refractivity contribution in [3.63, 3.8) is 0 Å². The highest BCUT2D eigenvalue weighted by atomic mass is 19.4. The van der Waals surface area contributed by atoms with Crippen LogP contribution in [0.5, 0.6) is 0 Å². The second-order valence-electron chi connectivity index (χ2n) is 4.37. The van der Waals surface area contributed by atoms with E-state index in [4.69, 9.17) is 0 Å². The summed E-state index contributed by atoms with van der Waals surface area (Å²) in [6.07, 6.45) is -4.41. The maximum Gasteiger partial charge on any atom is 0.416 e. The minimum atomic E-state index is -4.41. The standard InChI is InChI=1S/C12H15F3N2O/c1-8-4-9(12(13,14)15)6-10(5-8)16-11(18)7-17(2)3/h4-6H,7H2,1-3H3,(H,16,18). The molecule has 0 aliphatic rings. The summed E-state index contributed by atoms with van der Waals surface area (Å²) in [6.45, 7) is 1.67. The molecule has 0 fully saturated rings. The fourth-order valence-electron chi connectivity index (χ4n) is 1.51. The van der Waals surface area contributed by atoms with Crippen molar-refractivity contribution in [2.45, 2.75) is 13.1 Å². The number of carbonyl (C=O) groups excluding carboxylic acids is 1. The maximum absolute atomic E-state index is 12.6. The molecule has 6 heteroatoms. The summed E-state index contributed by atoms with van der Waals surface area (Å²) in [4.78, 5) is 13.1. The van der Waals surface area contributed by atoms with Gasteiger partial charge in [-0.3, -0.25) is 4.79 Å². The first-order chi connectivity index (χ1) is 8.18. The number of rotatable bonds is 3. The summed E-state index contributed by atoms with van der Waals surface area (Å²) in [6, 6.07) is 3.48. The average Bonchev–Trinajstić information content (AvgIpc) is 2.13. The molecule has 0 bridgehead atoms. The van der Waals surface area contributed by atoms with Crippen molar-refractivity contribution in [3.8, 4) is 0 Å². The lowest BCUT2D eigenvalue weighted by Crippen LogP contribution is -2.27. The predicted octanol–water partition coefficient (Wildman–Crippen LogP) is 2.51. The first kappa shape index (κ1) is 14.5. The topological polar surface area (TPSA) is 32.3 Å². The molecule has 0 aliphatic carbocycles. The summed E-state index contributed by atoms with van der Waals surface area (Å²) in [7, 11) is 3.41. The molecule has 0 spiro atoms. The van der Waals surface area contributed by atoms with Crippen LogP contribution in [0.25, 0.3) is 0 Å². The van der Waals surface area contributed by atoms with Crippen LogP contribution >= 0.6 is 0 Å². The molecule has 100 valence electrons. The van der Waals surface area contributed by atoms with Crippen molar-refractivity contribution in [1.29, 1.82) is 0 Å². The number of hydrogen-bond donors (Lipinski definition) is 1. The Morgan fingerprint density at radius 3 is 2.39 bits per heavy atom. The zero-order chi connectivity index (χ0) is 13.9. The molecular weight excluding hydrogens is 245 g/mol. The quantitative estimate of drug-likeness (QED) is 0.905. The SMILES string of the molecule is Cc1cc(NC(=O)CN(C)C)cc(C(F)(F)F)c1. The number of likely N-dealkylation sites (N-methyl/N-ethyl adjacent to an activating group) is 1. The first-order valence-corrected chi connectivity index (χ1v) is 5.32. The molecule has 0 aromatic heterocycles. The molecule has 1 amide bonds. The zero-order valence-electron chi connectivity index (χ0n) is 10.4. The van der Waals surface area contributed by atoms with Crippen molar-refractivity contribution in [2.24, 2.45) is 0 Å². The first-order valence-electron chi connectivity index (χ1n) is 5.32. The Bertz CT molecular complexity index is 441. The number of nitrogens with zero attached hydrogens (tertiary/aromatic N) is 1. The lowest BCUT2D eigenvalue weighted by Gasteiger charge is -2.13. The number of carbonyl (C=O) groups is 1. The molecule has 18 heavy (non-hydrogen) atoms. The molecule has 3 nitrogen and oxygen atoms in total. The van der Waals surface area contributed by atoms with Gasteiger partial charge in [0.15, 0.2) is 0 Å². The number of halogens is 3. The third kappa shape index (κ3) is 4.37. The fraction of sp³-hybridized carbons (Fsp3) is 0.417. The summed E-state index contributed by atoms with van der Waals surface area (Å²) in [5.74, 6) is -0.348. The van der Waals surface area contributed by atoms with E-state index in [0.29, 0.717) is 5.56 Å². The van der Waals surface area contributed by atoms with E-state index < -0.39 is 11.7 Å². The minimum absolute atomic E-state index is 0.120. The van der Waals surface area contributed by atoms with Crippen molar-refractivity contribution in [1.82, 2.24) is 4.90 Å². The molecule has 1 N–H and O–H groups in total. The third-order valence-electron chi connectivity index (χ3n) is 2.15. The van der Waals surface area contributed by atoms with Gasteiger partial charge in [0.25, 0.3) is 0 Å². The molecule has 0 unspecified atom stereocenters. The molecule has 1 rings (SSSR count). The van der Waals surface area contributed by atoms with Gasteiger partial charge in [0, 0.05) is 5.69 Å². The van der Waals surface area contributed by atoms with Crippen LogP contribution in [0.15, 0.2) is 18.2 Å². The van der Waals surface area contributed by atoms with Crippen LogP contribution in [0.4, 0.5) is 18.9 Å². The van der Waals surface area contributed by atoms with Crippen molar-refractivity contribution in [2.75, 3.05) is 26.0 Å². The zero-order valence-corrected chi connectivity index (χ0v) is 10.4. The molecule has 0 atom stereocenters.